The molecule has 1 saturated heterocycles. The summed E-state index contributed by atoms with van der Waals surface area (Å²) in [6, 6.07) is -1.12. The van der Waals surface area contributed by atoms with Gasteiger partial charge in [0.15, 0.2) is 0 Å². The van der Waals surface area contributed by atoms with Crippen LogP contribution < -0.4 is 11.1 Å². The van der Waals surface area contributed by atoms with Crippen LogP contribution in [0.4, 0.5) is 4.79 Å². The van der Waals surface area contributed by atoms with E-state index in [9.17, 15) is 14.4 Å². The van der Waals surface area contributed by atoms with Gasteiger partial charge >= 0.3 is 12.0 Å². The minimum absolute atomic E-state index is 0.0956. The van der Waals surface area contributed by atoms with Gasteiger partial charge in [-0.3, -0.25) is 9.69 Å². The summed E-state index contributed by atoms with van der Waals surface area (Å²) >= 11 is 1.49. The van der Waals surface area contributed by atoms with Crippen molar-refractivity contribution in [2.45, 2.75) is 44.0 Å². The first kappa shape index (κ1) is 16.6. The number of aliphatic carboxylic acids is 1. The quantitative estimate of drug-likeness (QED) is 0.596. The van der Waals surface area contributed by atoms with Crippen molar-refractivity contribution in [1.29, 1.82) is 0 Å². The molecule has 0 spiro atoms. The van der Waals surface area contributed by atoms with Crippen molar-refractivity contribution in [3.8, 4) is 0 Å². The molecule has 2 unspecified atom stereocenters. The topological polar surface area (TPSA) is 113 Å². The van der Waals surface area contributed by atoms with Gasteiger partial charge < -0.3 is 16.2 Å². The standard InChI is InChI=1S/C12H21N3O4S/c1-2-10-15(8(7-20-10)11(17)18)12(19)14-6-4-3-5-9(13)16/h8,10H,2-7H2,1H3,(H2,13,16)(H,14,19)(H,17,18). The molecule has 3 amide bonds. The summed E-state index contributed by atoms with van der Waals surface area (Å²) in [6.07, 6.45) is 2.27. The number of nitrogens with one attached hydrogen (secondary N) is 1. The van der Waals surface area contributed by atoms with E-state index in [1.165, 1.54) is 16.7 Å². The van der Waals surface area contributed by atoms with Crippen LogP contribution in [-0.2, 0) is 9.59 Å². The summed E-state index contributed by atoms with van der Waals surface area (Å²) in [4.78, 5) is 35.2. The number of rotatable bonds is 7. The molecule has 20 heavy (non-hydrogen) atoms. The summed E-state index contributed by atoms with van der Waals surface area (Å²) < 4.78 is 0. The van der Waals surface area contributed by atoms with Crippen molar-refractivity contribution in [3.05, 3.63) is 0 Å². The number of urea groups is 1. The van der Waals surface area contributed by atoms with Gasteiger partial charge in [-0.2, -0.15) is 0 Å². The number of primary amides is 1. The zero-order valence-electron chi connectivity index (χ0n) is 11.5. The molecule has 0 bridgehead atoms. The van der Waals surface area contributed by atoms with Crippen LogP contribution in [0.1, 0.15) is 32.6 Å². The van der Waals surface area contributed by atoms with Crippen molar-refractivity contribution in [2.75, 3.05) is 12.3 Å². The highest BCUT2D eigenvalue weighted by Crippen LogP contribution is 2.31. The lowest BCUT2D eigenvalue weighted by Crippen LogP contribution is -2.50. The zero-order valence-corrected chi connectivity index (χ0v) is 12.3. The number of amides is 3. The Morgan fingerprint density at radius 2 is 2.10 bits per heavy atom. The number of hydrogen-bond acceptors (Lipinski definition) is 4. The maximum absolute atomic E-state index is 12.1. The lowest BCUT2D eigenvalue weighted by atomic mass is 10.2. The molecular formula is C12H21N3O4S. The largest absolute Gasteiger partial charge is 0.480 e. The Kier molecular flexibility index (Phi) is 6.63. The highest BCUT2D eigenvalue weighted by molar-refractivity contribution is 8.00. The van der Waals surface area contributed by atoms with Crippen LogP contribution in [0.25, 0.3) is 0 Å². The third-order valence-electron chi connectivity index (χ3n) is 3.09. The molecule has 0 saturated carbocycles. The van der Waals surface area contributed by atoms with E-state index >= 15 is 0 Å². The van der Waals surface area contributed by atoms with Crippen LogP contribution in [-0.4, -0.2) is 51.6 Å². The Labute approximate surface area is 122 Å². The molecule has 1 aliphatic rings. The molecule has 1 aliphatic heterocycles. The SMILES string of the molecule is CCC1SCC(C(=O)O)N1C(=O)NCCCCC(N)=O. The molecule has 7 nitrogen and oxygen atoms in total. The number of hydrogen-bond donors (Lipinski definition) is 3. The maximum atomic E-state index is 12.1. The van der Waals surface area contributed by atoms with Crippen molar-refractivity contribution in [2.24, 2.45) is 5.73 Å². The average molecular weight is 303 g/mol. The van der Waals surface area contributed by atoms with Gasteiger partial charge in [0.2, 0.25) is 5.91 Å². The van der Waals surface area contributed by atoms with E-state index in [4.69, 9.17) is 10.8 Å². The molecule has 1 rings (SSSR count). The van der Waals surface area contributed by atoms with Gasteiger partial charge in [-0.1, -0.05) is 6.92 Å². The highest BCUT2D eigenvalue weighted by atomic mass is 32.2. The molecule has 2 atom stereocenters. The predicted molar refractivity (Wildman–Crippen MR) is 76.2 cm³/mol. The minimum Gasteiger partial charge on any atom is -0.480 e. The summed E-state index contributed by atoms with van der Waals surface area (Å²) in [6.45, 7) is 2.34. The van der Waals surface area contributed by atoms with Crippen LogP contribution in [0.3, 0.4) is 0 Å². The molecule has 0 aromatic heterocycles. The zero-order chi connectivity index (χ0) is 15.1. The monoisotopic (exact) mass is 303 g/mol. The Hall–Kier alpha value is -1.44. The van der Waals surface area contributed by atoms with Crippen LogP contribution >= 0.6 is 11.8 Å². The van der Waals surface area contributed by atoms with Gasteiger partial charge in [-0.05, 0) is 19.3 Å². The number of carbonyl (C=O) groups is 3. The molecule has 1 fully saturated rings. The number of carboxylic acid groups (broad SMARTS) is 1. The predicted octanol–water partition coefficient (Wildman–Crippen LogP) is 0.590. The summed E-state index contributed by atoms with van der Waals surface area (Å²) in [5.41, 5.74) is 5.02. The molecule has 0 aliphatic carbocycles. The van der Waals surface area contributed by atoms with Crippen LogP contribution in [0, 0.1) is 0 Å². The third-order valence-corrected chi connectivity index (χ3v) is 4.54. The van der Waals surface area contributed by atoms with Gasteiger partial charge in [0, 0.05) is 18.7 Å². The van der Waals surface area contributed by atoms with Crippen LogP contribution in [0.5, 0.6) is 0 Å². The van der Waals surface area contributed by atoms with Crippen molar-refractivity contribution < 1.29 is 19.5 Å². The molecule has 0 aromatic rings. The average Bonchev–Trinajstić information content (AvgIpc) is 2.81. The smallest absolute Gasteiger partial charge is 0.327 e. The second-order valence-corrected chi connectivity index (χ2v) is 5.82. The van der Waals surface area contributed by atoms with E-state index in [1.807, 2.05) is 6.92 Å². The first-order valence-electron chi connectivity index (χ1n) is 6.66. The van der Waals surface area contributed by atoms with E-state index in [2.05, 4.69) is 5.32 Å². The van der Waals surface area contributed by atoms with Gasteiger partial charge in [-0.25, -0.2) is 9.59 Å². The lowest BCUT2D eigenvalue weighted by Gasteiger charge is -2.26. The number of nitrogens with two attached hydrogens (primary N) is 1. The number of carboxylic acids is 1. The van der Waals surface area contributed by atoms with Crippen molar-refractivity contribution in [1.82, 2.24) is 10.2 Å². The molecule has 8 heteroatoms. The number of thioether (sulfide) groups is 1. The Balaban J connectivity index is 2.42. The molecule has 114 valence electrons. The first-order valence-corrected chi connectivity index (χ1v) is 7.71. The van der Waals surface area contributed by atoms with Crippen molar-refractivity contribution >= 4 is 29.7 Å². The fraction of sp³-hybridized carbons (Fsp3) is 0.750. The fourth-order valence-corrected chi connectivity index (χ4v) is 3.40. The Morgan fingerprint density at radius 1 is 1.40 bits per heavy atom. The molecule has 1 heterocycles. The molecule has 0 aromatic carbocycles. The van der Waals surface area contributed by atoms with Crippen LogP contribution in [0.2, 0.25) is 0 Å². The molecule has 4 N–H and O–H groups in total. The normalized spacial score (nSPS) is 21.8. The summed E-state index contributed by atoms with van der Waals surface area (Å²) in [5.74, 6) is -0.912. The van der Waals surface area contributed by atoms with E-state index in [0.717, 1.165) is 0 Å². The minimum atomic E-state index is -0.975. The Morgan fingerprint density at radius 3 is 2.65 bits per heavy atom. The molecule has 0 radical (unpaired) electrons. The summed E-state index contributed by atoms with van der Waals surface area (Å²) in [7, 11) is 0. The first-order chi connectivity index (χ1) is 9.47. The van der Waals surface area contributed by atoms with E-state index in [-0.39, 0.29) is 17.3 Å². The fourth-order valence-electron chi connectivity index (χ4n) is 2.05. The van der Waals surface area contributed by atoms with E-state index in [0.29, 0.717) is 38.0 Å². The second kappa shape index (κ2) is 7.98. The second-order valence-electron chi connectivity index (χ2n) is 4.61. The van der Waals surface area contributed by atoms with E-state index in [1.54, 1.807) is 0 Å². The van der Waals surface area contributed by atoms with Gasteiger partial charge in [0.05, 0.1) is 5.37 Å². The summed E-state index contributed by atoms with van der Waals surface area (Å²) in [5, 5.41) is 11.7. The van der Waals surface area contributed by atoms with Gasteiger partial charge in [0.1, 0.15) is 6.04 Å². The number of unbranched alkanes of at least 4 members (excludes halogenated alkanes) is 1. The van der Waals surface area contributed by atoms with Gasteiger partial charge in [-0.15, -0.1) is 11.8 Å². The lowest BCUT2D eigenvalue weighted by molar-refractivity contribution is -0.141. The van der Waals surface area contributed by atoms with Crippen molar-refractivity contribution in [3.63, 3.8) is 0 Å². The highest BCUT2D eigenvalue weighted by Gasteiger charge is 2.40. The van der Waals surface area contributed by atoms with Gasteiger partial charge in [0.25, 0.3) is 0 Å². The number of carbonyl (C=O) groups excluding carboxylic acids is 2. The Bertz CT molecular complexity index is 378. The third kappa shape index (κ3) is 4.59. The van der Waals surface area contributed by atoms with E-state index < -0.39 is 12.0 Å². The number of nitrogens with zero attached hydrogens (tertiary/aromatic N) is 1. The molecular weight excluding hydrogens is 282 g/mol. The van der Waals surface area contributed by atoms with Crippen LogP contribution in [0.15, 0.2) is 0 Å². The maximum Gasteiger partial charge on any atom is 0.327 e.